The minimum atomic E-state index is -4.64. The molecule has 0 spiro atoms. The van der Waals surface area contributed by atoms with Crippen LogP contribution in [0.2, 0.25) is 0 Å². The van der Waals surface area contributed by atoms with Gasteiger partial charge in [0.2, 0.25) is 0 Å². The minimum absolute atomic E-state index is 1.31. The normalized spacial score (nSPS) is 10.4. The fourth-order valence-corrected chi connectivity index (χ4v) is 2.27. The standard InChI is InChI=1S/2C10H8.H3O4P/c2*1-2-6-10-8-4-3-7-9(10)5-1;1-5(2,3)4/h2*1-8H;(H3,1,2,3,4). The van der Waals surface area contributed by atoms with Crippen LogP contribution in [0.5, 0.6) is 0 Å². The van der Waals surface area contributed by atoms with Crippen LogP contribution in [0.15, 0.2) is 97.1 Å². The van der Waals surface area contributed by atoms with Crippen LogP contribution in [-0.2, 0) is 4.57 Å². The van der Waals surface area contributed by atoms with Gasteiger partial charge in [0.1, 0.15) is 0 Å². The van der Waals surface area contributed by atoms with Gasteiger partial charge < -0.3 is 14.7 Å². The second-order valence-corrected chi connectivity index (χ2v) is 6.23. The molecule has 0 aliphatic rings. The van der Waals surface area contributed by atoms with Crippen LogP contribution in [0.25, 0.3) is 21.5 Å². The number of rotatable bonds is 0. The lowest BCUT2D eigenvalue weighted by Gasteiger charge is -1.92. The minimum Gasteiger partial charge on any atom is -0.303 e. The highest BCUT2D eigenvalue weighted by atomic mass is 31.2. The zero-order chi connectivity index (χ0) is 18.1. The van der Waals surface area contributed by atoms with Crippen LogP contribution in [0.3, 0.4) is 0 Å². The molecule has 0 unspecified atom stereocenters. The third-order valence-electron chi connectivity index (χ3n) is 3.32. The summed E-state index contributed by atoms with van der Waals surface area (Å²) in [5.74, 6) is 0. The van der Waals surface area contributed by atoms with Gasteiger partial charge in [0.15, 0.2) is 0 Å². The summed E-state index contributed by atoms with van der Waals surface area (Å²) in [4.78, 5) is 21.6. The van der Waals surface area contributed by atoms with Crippen molar-refractivity contribution in [3.8, 4) is 0 Å². The van der Waals surface area contributed by atoms with Gasteiger partial charge in [0.25, 0.3) is 0 Å². The molecule has 4 aromatic rings. The summed E-state index contributed by atoms with van der Waals surface area (Å²) < 4.78 is 8.88. The largest absolute Gasteiger partial charge is 0.466 e. The van der Waals surface area contributed by atoms with Gasteiger partial charge in [0, 0.05) is 0 Å². The summed E-state index contributed by atoms with van der Waals surface area (Å²) in [6.45, 7) is 0. The third kappa shape index (κ3) is 7.29. The lowest BCUT2D eigenvalue weighted by atomic mass is 10.1. The molecule has 0 heterocycles. The quantitative estimate of drug-likeness (QED) is 0.398. The van der Waals surface area contributed by atoms with Gasteiger partial charge in [-0.3, -0.25) is 0 Å². The van der Waals surface area contributed by atoms with Crippen LogP contribution in [-0.4, -0.2) is 14.7 Å². The maximum absolute atomic E-state index is 8.88. The molecule has 0 fully saturated rings. The van der Waals surface area contributed by atoms with E-state index in [-0.39, 0.29) is 0 Å². The molecular formula is C20H19O4P. The summed E-state index contributed by atoms with van der Waals surface area (Å²) in [7, 11) is -4.64. The first kappa shape index (κ1) is 18.8. The van der Waals surface area contributed by atoms with E-state index in [2.05, 4.69) is 97.1 Å². The van der Waals surface area contributed by atoms with Crippen molar-refractivity contribution in [2.24, 2.45) is 0 Å². The second kappa shape index (κ2) is 9.11. The van der Waals surface area contributed by atoms with Crippen molar-refractivity contribution in [2.45, 2.75) is 0 Å². The second-order valence-electron chi connectivity index (χ2n) is 5.21. The molecule has 0 saturated heterocycles. The molecule has 0 aliphatic heterocycles. The average Bonchev–Trinajstić information content (AvgIpc) is 2.61. The van der Waals surface area contributed by atoms with Gasteiger partial charge in [-0.25, -0.2) is 4.57 Å². The molecule has 0 aliphatic carbocycles. The predicted octanol–water partition coefficient (Wildman–Crippen LogP) is 4.75. The van der Waals surface area contributed by atoms with E-state index in [0.717, 1.165) is 0 Å². The number of benzene rings is 4. The van der Waals surface area contributed by atoms with Gasteiger partial charge >= 0.3 is 7.82 Å². The highest BCUT2D eigenvalue weighted by molar-refractivity contribution is 7.45. The molecule has 25 heavy (non-hydrogen) atoms. The molecular weight excluding hydrogens is 335 g/mol. The van der Waals surface area contributed by atoms with Crippen molar-refractivity contribution in [1.82, 2.24) is 0 Å². The molecule has 0 saturated carbocycles. The highest BCUT2D eigenvalue weighted by Gasteiger charge is 2.00. The van der Waals surface area contributed by atoms with Crippen molar-refractivity contribution in [2.75, 3.05) is 0 Å². The van der Waals surface area contributed by atoms with E-state index in [9.17, 15) is 0 Å². The van der Waals surface area contributed by atoms with Gasteiger partial charge in [-0.15, -0.1) is 0 Å². The zero-order valence-corrected chi connectivity index (χ0v) is 14.3. The third-order valence-corrected chi connectivity index (χ3v) is 3.32. The summed E-state index contributed by atoms with van der Waals surface area (Å²) in [6.07, 6.45) is 0. The number of hydrogen-bond acceptors (Lipinski definition) is 1. The van der Waals surface area contributed by atoms with Crippen molar-refractivity contribution < 1.29 is 19.2 Å². The molecule has 4 rings (SSSR count). The van der Waals surface area contributed by atoms with Crippen molar-refractivity contribution >= 4 is 29.4 Å². The number of phosphoric acid groups is 1. The smallest absolute Gasteiger partial charge is 0.303 e. The average molecular weight is 354 g/mol. The Morgan fingerprint density at radius 3 is 0.680 bits per heavy atom. The van der Waals surface area contributed by atoms with Crippen LogP contribution < -0.4 is 0 Å². The predicted molar refractivity (Wildman–Crippen MR) is 102 cm³/mol. The van der Waals surface area contributed by atoms with Crippen LogP contribution in [0.1, 0.15) is 0 Å². The monoisotopic (exact) mass is 354 g/mol. The summed E-state index contributed by atoms with van der Waals surface area (Å²) in [5, 5.41) is 5.24. The van der Waals surface area contributed by atoms with Crippen LogP contribution >= 0.6 is 7.82 Å². The van der Waals surface area contributed by atoms with E-state index in [4.69, 9.17) is 19.2 Å². The van der Waals surface area contributed by atoms with Gasteiger partial charge in [-0.2, -0.15) is 0 Å². The first-order chi connectivity index (χ1) is 11.9. The fourth-order valence-electron chi connectivity index (χ4n) is 2.27. The van der Waals surface area contributed by atoms with Crippen molar-refractivity contribution in [3.63, 3.8) is 0 Å². The van der Waals surface area contributed by atoms with Gasteiger partial charge in [-0.1, -0.05) is 97.1 Å². The summed E-state index contributed by atoms with van der Waals surface area (Å²) in [5.41, 5.74) is 0. The Bertz CT molecular complexity index is 769. The maximum Gasteiger partial charge on any atom is 0.466 e. The molecule has 0 bridgehead atoms. The van der Waals surface area contributed by atoms with E-state index < -0.39 is 7.82 Å². The molecule has 0 aromatic heterocycles. The van der Waals surface area contributed by atoms with E-state index in [1.54, 1.807) is 0 Å². The molecule has 0 atom stereocenters. The Kier molecular flexibility index (Phi) is 6.87. The maximum atomic E-state index is 8.88. The van der Waals surface area contributed by atoms with Gasteiger partial charge in [0.05, 0.1) is 0 Å². The summed E-state index contributed by atoms with van der Waals surface area (Å²) >= 11 is 0. The number of hydrogen-bond donors (Lipinski definition) is 3. The Balaban J connectivity index is 0.000000144. The fraction of sp³-hybridized carbons (Fsp3) is 0. The SMILES string of the molecule is O=P(O)(O)O.c1ccc2ccccc2c1.c1ccc2ccccc2c1. The molecule has 4 nitrogen and oxygen atoms in total. The molecule has 0 radical (unpaired) electrons. The summed E-state index contributed by atoms with van der Waals surface area (Å²) in [6, 6.07) is 33.4. The van der Waals surface area contributed by atoms with E-state index in [0.29, 0.717) is 0 Å². The highest BCUT2D eigenvalue weighted by Crippen LogP contribution is 2.25. The Morgan fingerprint density at radius 2 is 0.560 bits per heavy atom. The van der Waals surface area contributed by atoms with E-state index in [1.807, 2.05) is 0 Å². The first-order valence-electron chi connectivity index (χ1n) is 7.59. The first-order valence-corrected chi connectivity index (χ1v) is 9.16. The molecule has 4 aromatic carbocycles. The van der Waals surface area contributed by atoms with E-state index in [1.165, 1.54) is 21.5 Å². The zero-order valence-electron chi connectivity index (χ0n) is 13.4. The number of fused-ring (bicyclic) bond motifs is 2. The Hall–Kier alpha value is -2.49. The molecule has 128 valence electrons. The molecule has 3 N–H and O–H groups in total. The van der Waals surface area contributed by atoms with Crippen molar-refractivity contribution in [3.05, 3.63) is 97.1 Å². The molecule has 5 heteroatoms. The van der Waals surface area contributed by atoms with E-state index >= 15 is 0 Å². The topological polar surface area (TPSA) is 77.8 Å². The Labute approximate surface area is 146 Å². The lowest BCUT2D eigenvalue weighted by molar-refractivity contribution is 0.275. The lowest BCUT2D eigenvalue weighted by Crippen LogP contribution is -1.67. The Morgan fingerprint density at radius 1 is 0.440 bits per heavy atom. The van der Waals surface area contributed by atoms with Crippen molar-refractivity contribution in [1.29, 1.82) is 0 Å². The van der Waals surface area contributed by atoms with Crippen LogP contribution in [0, 0.1) is 0 Å². The van der Waals surface area contributed by atoms with Crippen LogP contribution in [0.4, 0.5) is 0 Å². The molecule has 0 amide bonds. The van der Waals surface area contributed by atoms with Gasteiger partial charge in [-0.05, 0) is 21.5 Å².